The van der Waals surface area contributed by atoms with Crippen molar-refractivity contribution in [1.82, 2.24) is 4.90 Å². The molecule has 2 aromatic carbocycles. The van der Waals surface area contributed by atoms with Gasteiger partial charge in [-0.3, -0.25) is 9.59 Å². The number of alkyl halides is 2. The number of benzene rings is 2. The minimum Gasteiger partial charge on any atom is -0.326 e. The Kier molecular flexibility index (Phi) is 5.00. The summed E-state index contributed by atoms with van der Waals surface area (Å²) in [5.74, 6) is -2.77. The van der Waals surface area contributed by atoms with Gasteiger partial charge in [0.2, 0.25) is 5.91 Å². The molecule has 3 aliphatic rings. The number of nitrogens with zero attached hydrogens (tertiary/aromatic N) is 2. The predicted molar refractivity (Wildman–Crippen MR) is 125 cm³/mol. The van der Waals surface area contributed by atoms with Gasteiger partial charge >= 0.3 is 0 Å². The number of fused-ring (bicyclic) bond motifs is 2. The van der Waals surface area contributed by atoms with E-state index in [2.05, 4.69) is 26.0 Å². The normalized spacial score (nSPS) is 25.6. The van der Waals surface area contributed by atoms with Gasteiger partial charge in [-0.15, -0.1) is 0 Å². The zero-order valence-electron chi connectivity index (χ0n) is 19.0. The highest BCUT2D eigenvalue weighted by Crippen LogP contribution is 2.31. The topological polar surface area (TPSA) is 40.6 Å². The van der Waals surface area contributed by atoms with Crippen molar-refractivity contribution in [2.75, 3.05) is 25.0 Å². The molecule has 2 heterocycles. The molecule has 0 saturated carbocycles. The van der Waals surface area contributed by atoms with E-state index < -0.39 is 19.0 Å². The van der Waals surface area contributed by atoms with Crippen LogP contribution in [0, 0.1) is 5.92 Å². The van der Waals surface area contributed by atoms with Crippen LogP contribution < -0.4 is 15.3 Å². The minimum atomic E-state index is -2.80. The Bertz CT molecular complexity index is 1330. The molecule has 1 fully saturated rings. The van der Waals surface area contributed by atoms with Crippen LogP contribution in [0.2, 0.25) is 0 Å². The highest BCUT2D eigenvalue weighted by molar-refractivity contribution is 6.01. The van der Waals surface area contributed by atoms with Crippen molar-refractivity contribution in [3.63, 3.8) is 0 Å². The molecular formula is C27H26F2N2O2. The second kappa shape index (κ2) is 7.65. The molecule has 1 atom stereocenters. The molecule has 0 aromatic heterocycles. The number of allylic oxidation sites excluding steroid dienone is 2. The van der Waals surface area contributed by atoms with Gasteiger partial charge < -0.3 is 9.80 Å². The number of carbonyl (C=O) groups excluding carboxylic acids is 2. The summed E-state index contributed by atoms with van der Waals surface area (Å²) in [5.41, 5.74) is 5.46. The van der Waals surface area contributed by atoms with Crippen molar-refractivity contribution in [2.45, 2.75) is 32.6 Å². The summed E-state index contributed by atoms with van der Waals surface area (Å²) in [5, 5.41) is 1.96. The molecule has 0 N–H and O–H groups in total. The van der Waals surface area contributed by atoms with Crippen LogP contribution in [0.3, 0.4) is 0 Å². The van der Waals surface area contributed by atoms with E-state index in [9.17, 15) is 18.4 Å². The van der Waals surface area contributed by atoms with E-state index in [0.29, 0.717) is 17.9 Å². The maximum absolute atomic E-state index is 13.3. The van der Waals surface area contributed by atoms with Gasteiger partial charge in [-0.05, 0) is 70.7 Å². The van der Waals surface area contributed by atoms with Gasteiger partial charge in [-0.25, -0.2) is 8.78 Å². The van der Waals surface area contributed by atoms with Crippen molar-refractivity contribution in [3.8, 4) is 0 Å². The van der Waals surface area contributed by atoms with E-state index in [0.717, 1.165) is 39.2 Å². The van der Waals surface area contributed by atoms with Gasteiger partial charge in [0.15, 0.2) is 0 Å². The summed E-state index contributed by atoms with van der Waals surface area (Å²) >= 11 is 0. The quantitative estimate of drug-likeness (QED) is 0.708. The van der Waals surface area contributed by atoms with E-state index in [1.807, 2.05) is 30.3 Å². The molecule has 5 rings (SSSR count). The van der Waals surface area contributed by atoms with Crippen LogP contribution in [0.25, 0.3) is 11.1 Å². The summed E-state index contributed by atoms with van der Waals surface area (Å²) in [6.07, 6.45) is 5.48. The van der Waals surface area contributed by atoms with Crippen molar-refractivity contribution in [1.29, 1.82) is 0 Å². The highest BCUT2D eigenvalue weighted by Gasteiger charge is 2.46. The predicted octanol–water partition coefficient (Wildman–Crippen LogP) is 3.26. The number of anilines is 1. The molecule has 2 amide bonds. The lowest BCUT2D eigenvalue weighted by molar-refractivity contribution is -0.117. The van der Waals surface area contributed by atoms with Crippen LogP contribution in [0.15, 0.2) is 48.6 Å². The second-order valence-corrected chi connectivity index (χ2v) is 9.39. The fourth-order valence-electron chi connectivity index (χ4n) is 4.89. The smallest absolute Gasteiger partial charge is 0.282 e. The Morgan fingerprint density at radius 2 is 1.85 bits per heavy atom. The maximum atomic E-state index is 13.3. The first-order valence-corrected chi connectivity index (χ1v) is 11.2. The summed E-state index contributed by atoms with van der Waals surface area (Å²) in [6.45, 7) is 3.21. The summed E-state index contributed by atoms with van der Waals surface area (Å²) in [4.78, 5) is 27.9. The van der Waals surface area contributed by atoms with Gasteiger partial charge in [0.05, 0.1) is 19.5 Å². The lowest BCUT2D eigenvalue weighted by Gasteiger charge is -2.38. The average molecular weight is 449 g/mol. The zero-order valence-corrected chi connectivity index (χ0v) is 19.0. The average Bonchev–Trinajstić information content (AvgIpc) is 3.05. The van der Waals surface area contributed by atoms with Crippen LogP contribution in [0.1, 0.15) is 41.8 Å². The first-order chi connectivity index (χ1) is 15.6. The third kappa shape index (κ3) is 3.67. The standard InChI is InChI=1S/C27H26F2N2O2/c1-16-5-4-6-22(18-8-10-24-20(11-18)13-25(32)30(24)3)23-12-19(7-9-21(23)17(16)2)26(33)31-14-27(28,29)15-31/h4,6-12,16H,5,13-15H2,1-3H3/b6-4+,21-17-,23-22+. The number of amides is 2. The van der Waals surface area contributed by atoms with E-state index in [-0.39, 0.29) is 11.8 Å². The molecule has 0 spiro atoms. The molecule has 6 heteroatoms. The molecule has 1 unspecified atom stereocenters. The summed E-state index contributed by atoms with van der Waals surface area (Å²) in [6, 6.07) is 11.5. The van der Waals surface area contributed by atoms with Crippen molar-refractivity contribution in [3.05, 3.63) is 75.7 Å². The Balaban J connectivity index is 1.70. The number of likely N-dealkylation sites (N-methyl/N-ethyl adjacent to an activating group) is 1. The summed E-state index contributed by atoms with van der Waals surface area (Å²) < 4.78 is 26.7. The SMILES string of the molecule is C\C1=c2/ccc(C(=O)N3CC(F)(F)C3)c/c2=C(c2ccc3c(c2)CC(=O)N3C)/C=C/CC1C. The molecule has 0 bridgehead atoms. The minimum absolute atomic E-state index is 0.0676. The Morgan fingerprint density at radius 3 is 2.58 bits per heavy atom. The Morgan fingerprint density at radius 1 is 1.09 bits per heavy atom. The fraction of sp³-hybridized carbons (Fsp3) is 0.333. The number of carbonyl (C=O) groups is 2. The van der Waals surface area contributed by atoms with Crippen LogP contribution in [-0.4, -0.2) is 42.8 Å². The Labute approximate surface area is 191 Å². The highest BCUT2D eigenvalue weighted by atomic mass is 19.3. The lowest BCUT2D eigenvalue weighted by atomic mass is 9.89. The zero-order chi connectivity index (χ0) is 23.5. The van der Waals surface area contributed by atoms with Crippen LogP contribution >= 0.6 is 0 Å². The number of likely N-dealkylation sites (tertiary alicyclic amines) is 1. The lowest BCUT2D eigenvalue weighted by Crippen LogP contribution is -2.58. The van der Waals surface area contributed by atoms with Crippen LogP contribution in [0.5, 0.6) is 0 Å². The third-order valence-electron chi connectivity index (χ3n) is 7.09. The first kappa shape index (κ1) is 21.6. The molecule has 2 aliphatic heterocycles. The fourth-order valence-corrected chi connectivity index (χ4v) is 4.89. The number of rotatable bonds is 2. The number of halogens is 2. The van der Waals surface area contributed by atoms with Crippen molar-refractivity contribution in [2.24, 2.45) is 5.92 Å². The van der Waals surface area contributed by atoms with E-state index >= 15 is 0 Å². The first-order valence-electron chi connectivity index (χ1n) is 11.2. The number of hydrogen-bond donors (Lipinski definition) is 0. The van der Waals surface area contributed by atoms with Gasteiger partial charge in [-0.2, -0.15) is 0 Å². The van der Waals surface area contributed by atoms with E-state index in [4.69, 9.17) is 0 Å². The van der Waals surface area contributed by atoms with E-state index in [1.54, 1.807) is 18.0 Å². The van der Waals surface area contributed by atoms with Crippen LogP contribution in [-0.2, 0) is 11.2 Å². The molecule has 4 nitrogen and oxygen atoms in total. The molecule has 170 valence electrons. The van der Waals surface area contributed by atoms with Crippen LogP contribution in [0.4, 0.5) is 14.5 Å². The summed E-state index contributed by atoms with van der Waals surface area (Å²) in [7, 11) is 1.78. The Hall–Kier alpha value is -3.28. The van der Waals surface area contributed by atoms with Crippen molar-refractivity contribution >= 4 is 28.6 Å². The van der Waals surface area contributed by atoms with Crippen molar-refractivity contribution < 1.29 is 18.4 Å². The van der Waals surface area contributed by atoms with Gasteiger partial charge in [0.1, 0.15) is 0 Å². The number of hydrogen-bond acceptors (Lipinski definition) is 2. The third-order valence-corrected chi connectivity index (χ3v) is 7.09. The van der Waals surface area contributed by atoms with Gasteiger partial charge in [0, 0.05) is 18.3 Å². The molecule has 0 radical (unpaired) electrons. The molecular weight excluding hydrogens is 422 g/mol. The largest absolute Gasteiger partial charge is 0.326 e. The molecule has 1 saturated heterocycles. The monoisotopic (exact) mass is 448 g/mol. The van der Waals surface area contributed by atoms with Gasteiger partial charge in [-0.1, -0.05) is 36.8 Å². The van der Waals surface area contributed by atoms with E-state index in [1.165, 1.54) is 10.5 Å². The molecule has 2 aromatic rings. The molecule has 33 heavy (non-hydrogen) atoms. The second-order valence-electron chi connectivity index (χ2n) is 9.39. The van der Waals surface area contributed by atoms with Gasteiger partial charge in [0.25, 0.3) is 11.8 Å². The molecule has 1 aliphatic carbocycles. The maximum Gasteiger partial charge on any atom is 0.282 e.